The molecular formula is C25H19ClN2O4S. The van der Waals surface area contributed by atoms with Gasteiger partial charge in [-0.25, -0.2) is 10.2 Å². The van der Waals surface area contributed by atoms with E-state index in [9.17, 15) is 9.59 Å². The molecular weight excluding hydrogens is 460 g/mol. The maximum atomic E-state index is 12.5. The number of nitrogens with zero attached hydrogens (tertiary/aromatic N) is 1. The van der Waals surface area contributed by atoms with E-state index in [1.54, 1.807) is 30.3 Å². The molecule has 33 heavy (non-hydrogen) atoms. The first kappa shape index (κ1) is 22.5. The molecule has 3 aromatic carbocycles. The van der Waals surface area contributed by atoms with Gasteiger partial charge in [0.1, 0.15) is 4.88 Å². The number of nitrogens with one attached hydrogen (secondary N) is 1. The number of fused-ring (bicyclic) bond motifs is 1. The van der Waals surface area contributed by atoms with E-state index >= 15 is 0 Å². The zero-order chi connectivity index (χ0) is 23.4. The normalized spacial score (nSPS) is 11.0. The van der Waals surface area contributed by atoms with Crippen molar-refractivity contribution in [1.82, 2.24) is 5.43 Å². The lowest BCUT2D eigenvalue weighted by molar-refractivity contribution is 0.0729. The summed E-state index contributed by atoms with van der Waals surface area (Å²) in [5.41, 5.74) is 4.62. The number of benzene rings is 3. The zero-order valence-corrected chi connectivity index (χ0v) is 19.4. The van der Waals surface area contributed by atoms with E-state index in [-0.39, 0.29) is 5.75 Å². The predicted octanol–water partition coefficient (Wildman–Crippen LogP) is 5.85. The van der Waals surface area contributed by atoms with Crippen molar-refractivity contribution in [2.45, 2.75) is 6.92 Å². The molecule has 1 amide bonds. The molecule has 0 fully saturated rings. The maximum absolute atomic E-state index is 12.5. The third kappa shape index (κ3) is 5.05. The molecule has 1 aromatic heterocycles. The van der Waals surface area contributed by atoms with E-state index in [1.807, 2.05) is 43.3 Å². The molecule has 4 rings (SSSR count). The SMILES string of the molecule is COc1cc(/C=N\NC(=O)c2sc3ccccc3c2Cl)ccc1OC(=O)c1ccc(C)cc1. The van der Waals surface area contributed by atoms with Crippen LogP contribution in [0.2, 0.25) is 5.02 Å². The van der Waals surface area contributed by atoms with Crippen LogP contribution in [0.3, 0.4) is 0 Å². The molecule has 1 heterocycles. The number of thiophene rings is 1. The van der Waals surface area contributed by atoms with Gasteiger partial charge >= 0.3 is 5.97 Å². The van der Waals surface area contributed by atoms with Crippen molar-refractivity contribution in [3.63, 3.8) is 0 Å². The van der Waals surface area contributed by atoms with Gasteiger partial charge < -0.3 is 9.47 Å². The Bertz CT molecular complexity index is 1360. The van der Waals surface area contributed by atoms with Gasteiger partial charge in [-0.05, 0) is 48.9 Å². The second-order valence-corrected chi connectivity index (χ2v) is 8.54. The number of amides is 1. The van der Waals surface area contributed by atoms with Crippen molar-refractivity contribution in [1.29, 1.82) is 0 Å². The van der Waals surface area contributed by atoms with Gasteiger partial charge in [0, 0.05) is 10.1 Å². The van der Waals surface area contributed by atoms with E-state index in [0.717, 1.165) is 15.6 Å². The number of rotatable bonds is 6. The number of methoxy groups -OCH3 is 1. The Morgan fingerprint density at radius 2 is 1.79 bits per heavy atom. The highest BCUT2D eigenvalue weighted by atomic mass is 35.5. The summed E-state index contributed by atoms with van der Waals surface area (Å²) >= 11 is 7.64. The highest BCUT2D eigenvalue weighted by Crippen LogP contribution is 2.35. The molecule has 6 nitrogen and oxygen atoms in total. The quantitative estimate of drug-likeness (QED) is 0.163. The molecule has 166 valence electrons. The molecule has 0 aliphatic rings. The van der Waals surface area contributed by atoms with Gasteiger partial charge in [-0.15, -0.1) is 11.3 Å². The second-order valence-electron chi connectivity index (χ2n) is 7.11. The lowest BCUT2D eigenvalue weighted by atomic mass is 10.1. The average Bonchev–Trinajstić information content (AvgIpc) is 3.17. The molecule has 0 unspecified atom stereocenters. The first-order valence-electron chi connectivity index (χ1n) is 9.93. The van der Waals surface area contributed by atoms with Crippen LogP contribution in [0.25, 0.3) is 10.1 Å². The summed E-state index contributed by atoms with van der Waals surface area (Å²) in [5.74, 6) is -0.241. The summed E-state index contributed by atoms with van der Waals surface area (Å²) in [5, 5.41) is 5.25. The summed E-state index contributed by atoms with van der Waals surface area (Å²) in [7, 11) is 1.48. The highest BCUT2D eigenvalue weighted by molar-refractivity contribution is 7.21. The summed E-state index contributed by atoms with van der Waals surface area (Å²) in [6.45, 7) is 1.94. The van der Waals surface area contributed by atoms with Crippen LogP contribution in [0.4, 0.5) is 0 Å². The van der Waals surface area contributed by atoms with E-state index < -0.39 is 11.9 Å². The van der Waals surface area contributed by atoms with Crippen molar-refractivity contribution in [2.75, 3.05) is 7.11 Å². The van der Waals surface area contributed by atoms with Gasteiger partial charge in [0.15, 0.2) is 11.5 Å². The van der Waals surface area contributed by atoms with Crippen molar-refractivity contribution in [3.8, 4) is 11.5 Å². The van der Waals surface area contributed by atoms with E-state index in [4.69, 9.17) is 21.1 Å². The summed E-state index contributed by atoms with van der Waals surface area (Å²) < 4.78 is 11.7. The van der Waals surface area contributed by atoms with Crippen LogP contribution in [0.1, 0.15) is 31.2 Å². The van der Waals surface area contributed by atoms with Crippen LogP contribution in [-0.4, -0.2) is 25.2 Å². The van der Waals surface area contributed by atoms with Crippen LogP contribution < -0.4 is 14.9 Å². The topological polar surface area (TPSA) is 77.0 Å². The Hall–Kier alpha value is -3.68. The number of hydrogen-bond donors (Lipinski definition) is 1. The van der Waals surface area contributed by atoms with Crippen molar-refractivity contribution >= 4 is 51.1 Å². The third-order valence-electron chi connectivity index (χ3n) is 4.80. The van der Waals surface area contributed by atoms with Crippen LogP contribution in [0.15, 0.2) is 71.8 Å². The largest absolute Gasteiger partial charge is 0.493 e. The second kappa shape index (κ2) is 9.85. The molecule has 4 aromatic rings. The molecule has 8 heteroatoms. The maximum Gasteiger partial charge on any atom is 0.343 e. The van der Waals surface area contributed by atoms with Gasteiger partial charge in [-0.3, -0.25) is 4.79 Å². The molecule has 0 saturated carbocycles. The van der Waals surface area contributed by atoms with Crippen molar-refractivity contribution in [2.24, 2.45) is 5.10 Å². The minimum absolute atomic E-state index is 0.279. The standard InChI is InChI=1S/C25H19ClN2O4S/c1-15-7-10-17(11-8-15)25(30)32-19-12-9-16(13-20(19)31-2)14-27-28-24(29)23-22(26)18-5-3-4-6-21(18)33-23/h3-14H,1-2H3,(H,28,29)/b27-14-. The molecule has 0 saturated heterocycles. The third-order valence-corrected chi connectivity index (χ3v) is 6.47. The Balaban J connectivity index is 1.44. The average molecular weight is 479 g/mol. The predicted molar refractivity (Wildman–Crippen MR) is 131 cm³/mol. The Morgan fingerprint density at radius 1 is 1.03 bits per heavy atom. The fourth-order valence-electron chi connectivity index (χ4n) is 3.07. The number of hydrogen-bond acceptors (Lipinski definition) is 6. The fraction of sp³-hybridized carbons (Fsp3) is 0.0800. The summed E-state index contributed by atoms with van der Waals surface area (Å²) in [6.07, 6.45) is 1.47. The van der Waals surface area contributed by atoms with Gasteiger partial charge in [0.25, 0.3) is 5.91 Å². The van der Waals surface area contributed by atoms with E-state index in [2.05, 4.69) is 10.5 Å². The highest BCUT2D eigenvalue weighted by Gasteiger charge is 2.16. The molecule has 0 aliphatic heterocycles. The number of hydrazone groups is 1. The number of halogens is 1. The smallest absolute Gasteiger partial charge is 0.343 e. The lowest BCUT2D eigenvalue weighted by Crippen LogP contribution is -2.16. The van der Waals surface area contributed by atoms with E-state index in [0.29, 0.717) is 26.8 Å². The zero-order valence-electron chi connectivity index (χ0n) is 17.8. The number of carbonyl (C=O) groups is 2. The molecule has 0 spiro atoms. The first-order valence-corrected chi connectivity index (χ1v) is 11.1. The Labute approximate surface area is 199 Å². The van der Waals surface area contributed by atoms with Crippen LogP contribution in [0.5, 0.6) is 11.5 Å². The molecule has 0 aliphatic carbocycles. The number of aryl methyl sites for hydroxylation is 1. The van der Waals surface area contributed by atoms with Gasteiger partial charge in [0.05, 0.1) is 23.9 Å². The molecule has 1 N–H and O–H groups in total. The fourth-order valence-corrected chi connectivity index (χ4v) is 4.48. The van der Waals surface area contributed by atoms with E-state index in [1.165, 1.54) is 24.7 Å². The Morgan fingerprint density at radius 3 is 2.52 bits per heavy atom. The van der Waals surface area contributed by atoms with Gasteiger partial charge in [0.2, 0.25) is 0 Å². The monoisotopic (exact) mass is 478 g/mol. The Kier molecular flexibility index (Phi) is 6.72. The van der Waals surface area contributed by atoms with Gasteiger partial charge in [-0.1, -0.05) is 47.5 Å². The number of ether oxygens (including phenoxy) is 2. The molecule has 0 bridgehead atoms. The molecule has 0 atom stereocenters. The van der Waals surface area contributed by atoms with Crippen LogP contribution in [-0.2, 0) is 0 Å². The minimum Gasteiger partial charge on any atom is -0.493 e. The summed E-state index contributed by atoms with van der Waals surface area (Å²) in [6, 6.07) is 19.6. The number of esters is 1. The van der Waals surface area contributed by atoms with Crippen molar-refractivity contribution in [3.05, 3.63) is 93.3 Å². The molecule has 0 radical (unpaired) electrons. The van der Waals surface area contributed by atoms with Gasteiger partial charge in [-0.2, -0.15) is 5.10 Å². The van der Waals surface area contributed by atoms with Crippen molar-refractivity contribution < 1.29 is 19.1 Å². The van der Waals surface area contributed by atoms with Crippen LogP contribution in [0, 0.1) is 6.92 Å². The lowest BCUT2D eigenvalue weighted by Gasteiger charge is -2.10. The first-order chi connectivity index (χ1) is 16.0. The number of carbonyl (C=O) groups excluding carboxylic acids is 2. The minimum atomic E-state index is -0.484. The van der Waals surface area contributed by atoms with Crippen LogP contribution >= 0.6 is 22.9 Å². The summed E-state index contributed by atoms with van der Waals surface area (Å²) in [4.78, 5) is 25.3.